The molecule has 8 aliphatic heterocycles. The van der Waals surface area contributed by atoms with Crippen LogP contribution in [-0.4, -0.2) is 321 Å². The largest absolute Gasteiger partial charge is 0.394 e. The van der Waals surface area contributed by atoms with Crippen LogP contribution in [0.25, 0.3) is 0 Å². The molecule has 31 heteroatoms. The maximum Gasteiger partial charge on any atom is 0.203 e. The van der Waals surface area contributed by atoms with E-state index in [0.29, 0.717) is 31.3 Å². The van der Waals surface area contributed by atoms with Crippen molar-refractivity contribution in [3.05, 3.63) is 0 Å². The summed E-state index contributed by atoms with van der Waals surface area (Å²) in [6.45, 7) is 6.52. The van der Waals surface area contributed by atoms with Gasteiger partial charge in [-0.15, -0.1) is 0 Å². The van der Waals surface area contributed by atoms with Crippen LogP contribution in [0.2, 0.25) is 0 Å². The van der Waals surface area contributed by atoms with E-state index in [1.54, 1.807) is 0 Å². The van der Waals surface area contributed by atoms with Gasteiger partial charge >= 0.3 is 0 Å². The van der Waals surface area contributed by atoms with Gasteiger partial charge in [-0.25, -0.2) is 0 Å². The Morgan fingerprint density at radius 3 is 1.62 bits per heavy atom. The Labute approximate surface area is 538 Å². The highest BCUT2D eigenvalue weighted by Crippen LogP contribution is 2.72. The van der Waals surface area contributed by atoms with Crippen LogP contribution >= 0.6 is 0 Å². The Kier molecular flexibility index (Phi) is 21.2. The number of ether oxygens (including phenoxy) is 13. The van der Waals surface area contributed by atoms with Gasteiger partial charge in [0, 0.05) is 18.3 Å². The molecule has 41 atom stereocenters. The first-order chi connectivity index (χ1) is 44.1. The van der Waals surface area contributed by atoms with E-state index in [1.165, 1.54) is 6.92 Å². The minimum Gasteiger partial charge on any atom is -0.394 e. The lowest BCUT2D eigenvalue weighted by Crippen LogP contribution is -2.76. The van der Waals surface area contributed by atoms with Gasteiger partial charge in [0.1, 0.15) is 134 Å². The van der Waals surface area contributed by atoms with Crippen LogP contribution in [0.4, 0.5) is 0 Å². The molecule has 12 rings (SSSR count). The van der Waals surface area contributed by atoms with Crippen molar-refractivity contribution in [2.75, 3.05) is 39.6 Å². The molecule has 18 N–H and O–H groups in total. The number of aliphatic hydroxyl groups excluding tert-OH is 18. The number of rotatable bonds is 15. The van der Waals surface area contributed by atoms with Crippen molar-refractivity contribution in [3.8, 4) is 0 Å². The lowest BCUT2D eigenvalue weighted by molar-refractivity contribution is -0.474. The third kappa shape index (κ3) is 12.2. The highest BCUT2D eigenvalue weighted by Gasteiger charge is 2.72. The summed E-state index contributed by atoms with van der Waals surface area (Å²) in [5.41, 5.74) is -0.439. The smallest absolute Gasteiger partial charge is 0.203 e. The first-order valence-electron chi connectivity index (χ1n) is 33.6. The molecule has 31 nitrogen and oxygen atoms in total. The average Bonchev–Trinajstić information content (AvgIpc) is 1.63. The second-order valence-corrected chi connectivity index (χ2v) is 29.7. The zero-order chi connectivity index (χ0) is 66.9. The van der Waals surface area contributed by atoms with Crippen LogP contribution in [0.3, 0.4) is 0 Å². The summed E-state index contributed by atoms with van der Waals surface area (Å²) in [4.78, 5) is 0. The molecule has 0 bridgehead atoms. The van der Waals surface area contributed by atoms with E-state index >= 15 is 0 Å². The van der Waals surface area contributed by atoms with Crippen molar-refractivity contribution in [2.45, 2.75) is 288 Å². The van der Waals surface area contributed by atoms with Gasteiger partial charge < -0.3 is 153 Å². The van der Waals surface area contributed by atoms with Gasteiger partial charge in [-0.2, -0.15) is 0 Å². The molecule has 536 valence electrons. The van der Waals surface area contributed by atoms with Crippen molar-refractivity contribution in [1.29, 1.82) is 0 Å². The second-order valence-electron chi connectivity index (χ2n) is 29.7. The molecule has 8 saturated heterocycles. The molecule has 1 spiro atoms. The number of hydrogen-bond acceptors (Lipinski definition) is 31. The van der Waals surface area contributed by atoms with E-state index in [1.807, 2.05) is 0 Å². The SMILES string of the molecule is CC1CCC2(OC1)OC1CC3C4CCC5CC(C6(OC7OC(CO)C(O)C(O)C7O)OC(CO)C(OC7OC(C)C(O)C(O)C7O)C(OC7OC(CO)C(O)C(O)C7O)C6OC6OC(CO)C(O)C(O)C6OC6OCC(O)C(O)C6O)CCC5(C)C4CCC3(C)C1C2C. The molecule has 0 radical (unpaired) electrons. The second kappa shape index (κ2) is 27.6. The lowest BCUT2D eigenvalue weighted by Gasteiger charge is -2.64. The van der Waals surface area contributed by atoms with Gasteiger partial charge in [0.15, 0.2) is 37.2 Å². The van der Waals surface area contributed by atoms with Crippen molar-refractivity contribution < 1.29 is 153 Å². The molecule has 0 aromatic rings. The first kappa shape index (κ1) is 71.6. The summed E-state index contributed by atoms with van der Waals surface area (Å²) in [5, 5.41) is 203. The minimum atomic E-state index is -2.71. The highest BCUT2D eigenvalue weighted by molar-refractivity contribution is 5.17. The Bertz CT molecular complexity index is 2480. The Morgan fingerprint density at radius 2 is 0.989 bits per heavy atom. The predicted molar refractivity (Wildman–Crippen MR) is 306 cm³/mol. The minimum absolute atomic E-state index is 0.0246. The molecular weight excluding hydrogens is 1240 g/mol. The third-order valence-corrected chi connectivity index (χ3v) is 24.6. The first-order valence-corrected chi connectivity index (χ1v) is 33.6. The number of aliphatic hydroxyl groups is 18. The van der Waals surface area contributed by atoms with Crippen molar-refractivity contribution in [2.24, 2.45) is 58.2 Å². The fraction of sp³-hybridized carbons (Fsp3) is 1.00. The van der Waals surface area contributed by atoms with E-state index in [2.05, 4.69) is 27.7 Å². The molecular formula is C62H102O31. The molecule has 93 heavy (non-hydrogen) atoms. The van der Waals surface area contributed by atoms with Gasteiger partial charge in [-0.3, -0.25) is 0 Å². The topological polar surface area (TPSA) is 484 Å². The van der Waals surface area contributed by atoms with Crippen LogP contribution in [0.1, 0.15) is 98.8 Å². The summed E-state index contributed by atoms with van der Waals surface area (Å²) in [7, 11) is 0. The van der Waals surface area contributed by atoms with Crippen LogP contribution in [-0.2, 0) is 61.6 Å². The average molecular weight is 1340 g/mol. The Hall–Kier alpha value is -1.24. The third-order valence-electron chi connectivity index (χ3n) is 24.6. The van der Waals surface area contributed by atoms with Crippen LogP contribution in [0.5, 0.6) is 0 Å². The Balaban J connectivity index is 0.980. The number of hydrogen-bond donors (Lipinski definition) is 18. The van der Waals surface area contributed by atoms with E-state index in [4.69, 9.17) is 61.6 Å². The van der Waals surface area contributed by atoms with Crippen LogP contribution in [0, 0.1) is 58.2 Å². The van der Waals surface area contributed by atoms with Crippen molar-refractivity contribution >= 4 is 0 Å². The Morgan fingerprint density at radius 1 is 0.430 bits per heavy atom. The zero-order valence-corrected chi connectivity index (χ0v) is 53.0. The molecule has 4 saturated carbocycles. The molecule has 0 aromatic heterocycles. The maximum absolute atomic E-state index is 12.1. The predicted octanol–water partition coefficient (Wildman–Crippen LogP) is -6.00. The van der Waals surface area contributed by atoms with E-state index in [9.17, 15) is 91.9 Å². The quantitative estimate of drug-likeness (QED) is 0.0726. The van der Waals surface area contributed by atoms with Gasteiger partial charge in [0.05, 0.1) is 51.8 Å². The van der Waals surface area contributed by atoms with Gasteiger partial charge in [-0.05, 0) is 111 Å². The van der Waals surface area contributed by atoms with Crippen LogP contribution in [0.15, 0.2) is 0 Å². The van der Waals surface area contributed by atoms with Crippen LogP contribution < -0.4 is 0 Å². The van der Waals surface area contributed by atoms with Gasteiger partial charge in [0.2, 0.25) is 5.79 Å². The fourth-order valence-electron chi connectivity index (χ4n) is 19.2. The monoisotopic (exact) mass is 1340 g/mol. The molecule has 8 heterocycles. The molecule has 0 amide bonds. The van der Waals surface area contributed by atoms with Gasteiger partial charge in [0.25, 0.3) is 0 Å². The van der Waals surface area contributed by atoms with E-state index in [-0.39, 0.29) is 54.0 Å². The fourth-order valence-corrected chi connectivity index (χ4v) is 19.2. The normalized spacial score (nSPS) is 58.3. The van der Waals surface area contributed by atoms with E-state index < -0.39 is 228 Å². The summed E-state index contributed by atoms with van der Waals surface area (Å²) < 4.78 is 84.6. The van der Waals surface area contributed by atoms with E-state index in [0.717, 1.165) is 38.5 Å². The summed E-state index contributed by atoms with van der Waals surface area (Å²) in [6.07, 6.45) is -48.6. The highest BCUT2D eigenvalue weighted by atomic mass is 16.8. The summed E-state index contributed by atoms with van der Waals surface area (Å²) in [6, 6.07) is 0. The van der Waals surface area contributed by atoms with Gasteiger partial charge in [-0.1, -0.05) is 27.7 Å². The number of fused-ring (bicyclic) bond motifs is 7. The summed E-state index contributed by atoms with van der Waals surface area (Å²) >= 11 is 0. The van der Waals surface area contributed by atoms with Crippen molar-refractivity contribution in [3.63, 3.8) is 0 Å². The molecule has 12 fully saturated rings. The standard InChI is InChI=1S/C62H102O31/c1-22-8-13-61(82-20-22)23(2)36-31(91-61)15-29-27-7-6-25-14-26(9-11-59(25,4)28(27)10-12-60(29,36)5)62(93-57-49(80)44(75)40(71)33(17-64)85-57)53(90-58-51(45(76)41(72)34(18-65)86-58)88-54-46(77)38(69)30(67)21-81-54)52(89-56-48(79)43(74)39(70)32(16-63)84-56)50(35(19-66)92-62)87-55-47(78)42(73)37(68)24(3)83-55/h22-58,63-80H,6-21H2,1-5H3. The lowest BCUT2D eigenvalue weighted by atomic mass is 9.43. The van der Waals surface area contributed by atoms with Crippen molar-refractivity contribution in [1.82, 2.24) is 0 Å². The molecule has 41 unspecified atom stereocenters. The maximum atomic E-state index is 12.1. The molecule has 12 aliphatic rings. The summed E-state index contributed by atoms with van der Waals surface area (Å²) in [5.74, 6) is -2.93. The molecule has 4 aliphatic carbocycles. The molecule has 0 aromatic carbocycles. The zero-order valence-electron chi connectivity index (χ0n) is 53.0.